The molecule has 0 spiro atoms. The second-order valence-corrected chi connectivity index (χ2v) is 6.00. The topological polar surface area (TPSA) is 80.1 Å². The van der Waals surface area contributed by atoms with Crippen LogP contribution in [0.3, 0.4) is 0 Å². The highest BCUT2D eigenvalue weighted by molar-refractivity contribution is 5.89. The minimum Gasteiger partial charge on any atom is -0.342 e. The first-order valence-electron chi connectivity index (χ1n) is 8.12. The predicted octanol–water partition coefficient (Wildman–Crippen LogP) is 1.15. The van der Waals surface area contributed by atoms with Gasteiger partial charge in [-0.25, -0.2) is 9.67 Å². The van der Waals surface area contributed by atoms with E-state index < -0.39 is 12.1 Å². The van der Waals surface area contributed by atoms with E-state index in [2.05, 4.69) is 15.4 Å². The molecule has 1 aliphatic rings. The van der Waals surface area contributed by atoms with Crippen LogP contribution in [0.25, 0.3) is 0 Å². The summed E-state index contributed by atoms with van der Waals surface area (Å²) in [7, 11) is 0. The highest BCUT2D eigenvalue weighted by Gasteiger charge is 2.31. The molecule has 1 fully saturated rings. The number of nitrogens with one attached hydrogen (secondary N) is 1. The smallest absolute Gasteiger partial charge is 0.245 e. The fourth-order valence-corrected chi connectivity index (χ4v) is 2.86. The number of hydrogen-bond acceptors (Lipinski definition) is 4. The molecule has 2 atom stereocenters. The number of rotatable bonds is 5. The summed E-state index contributed by atoms with van der Waals surface area (Å²) >= 11 is 0. The molecule has 2 heterocycles. The van der Waals surface area contributed by atoms with E-state index in [1.807, 2.05) is 35.2 Å². The molecule has 1 N–H and O–H groups in total. The lowest BCUT2D eigenvalue weighted by atomic mass is 10.0. The van der Waals surface area contributed by atoms with Gasteiger partial charge in [0.05, 0.1) is 0 Å². The van der Waals surface area contributed by atoms with E-state index in [4.69, 9.17) is 0 Å². The molecule has 0 saturated carbocycles. The Bertz CT molecular complexity index is 686. The van der Waals surface area contributed by atoms with Crippen LogP contribution in [0.15, 0.2) is 43.0 Å². The SMILES string of the molecule is CC(C(=O)NC1CCCN(Cc2ccccc2)C1=O)n1cncn1. The molecule has 7 nitrogen and oxygen atoms in total. The van der Waals surface area contributed by atoms with Crippen LogP contribution in [0, 0.1) is 0 Å². The van der Waals surface area contributed by atoms with Gasteiger partial charge in [0.25, 0.3) is 0 Å². The van der Waals surface area contributed by atoms with Crippen molar-refractivity contribution in [3.63, 3.8) is 0 Å². The molecule has 1 saturated heterocycles. The molecule has 2 aromatic rings. The lowest BCUT2D eigenvalue weighted by Crippen LogP contribution is -2.52. The molecular formula is C17H21N5O2. The third kappa shape index (κ3) is 3.61. The molecule has 1 aromatic carbocycles. The maximum Gasteiger partial charge on any atom is 0.245 e. The van der Waals surface area contributed by atoms with Crippen LogP contribution in [-0.4, -0.2) is 44.1 Å². The van der Waals surface area contributed by atoms with Crippen LogP contribution >= 0.6 is 0 Å². The number of benzene rings is 1. The van der Waals surface area contributed by atoms with E-state index in [9.17, 15) is 9.59 Å². The van der Waals surface area contributed by atoms with Crippen molar-refractivity contribution in [2.75, 3.05) is 6.54 Å². The molecule has 126 valence electrons. The van der Waals surface area contributed by atoms with Crippen LogP contribution in [-0.2, 0) is 16.1 Å². The summed E-state index contributed by atoms with van der Waals surface area (Å²) in [6, 6.07) is 8.91. The van der Waals surface area contributed by atoms with Gasteiger partial charge in [-0.3, -0.25) is 9.59 Å². The highest BCUT2D eigenvalue weighted by atomic mass is 16.2. The number of likely N-dealkylation sites (tertiary alicyclic amines) is 1. The second-order valence-electron chi connectivity index (χ2n) is 6.00. The summed E-state index contributed by atoms with van der Waals surface area (Å²) < 4.78 is 1.48. The number of amides is 2. The molecule has 7 heteroatoms. The third-order valence-electron chi connectivity index (χ3n) is 4.28. The zero-order valence-electron chi connectivity index (χ0n) is 13.6. The fraction of sp³-hybridized carbons (Fsp3) is 0.412. The van der Waals surface area contributed by atoms with Gasteiger partial charge in [-0.05, 0) is 25.3 Å². The second kappa shape index (κ2) is 7.25. The Morgan fingerprint density at radius 3 is 2.88 bits per heavy atom. The van der Waals surface area contributed by atoms with Crippen LogP contribution in [0.1, 0.15) is 31.4 Å². The van der Waals surface area contributed by atoms with Gasteiger partial charge >= 0.3 is 0 Å². The summed E-state index contributed by atoms with van der Waals surface area (Å²) in [6.45, 7) is 3.03. The predicted molar refractivity (Wildman–Crippen MR) is 87.8 cm³/mol. The zero-order chi connectivity index (χ0) is 16.9. The van der Waals surface area contributed by atoms with Crippen molar-refractivity contribution in [2.45, 2.75) is 38.4 Å². The van der Waals surface area contributed by atoms with Crippen molar-refractivity contribution in [3.8, 4) is 0 Å². The minimum atomic E-state index is -0.496. The Morgan fingerprint density at radius 1 is 1.38 bits per heavy atom. The minimum absolute atomic E-state index is 0.0238. The van der Waals surface area contributed by atoms with Gasteiger partial charge in [0.1, 0.15) is 24.7 Å². The van der Waals surface area contributed by atoms with Crippen LogP contribution < -0.4 is 5.32 Å². The molecule has 0 bridgehead atoms. The fourth-order valence-electron chi connectivity index (χ4n) is 2.86. The first-order valence-corrected chi connectivity index (χ1v) is 8.12. The van der Waals surface area contributed by atoms with Crippen LogP contribution in [0.4, 0.5) is 0 Å². The van der Waals surface area contributed by atoms with Gasteiger partial charge in [0, 0.05) is 13.1 Å². The van der Waals surface area contributed by atoms with E-state index in [-0.39, 0.29) is 11.8 Å². The van der Waals surface area contributed by atoms with Crippen molar-refractivity contribution in [2.24, 2.45) is 0 Å². The van der Waals surface area contributed by atoms with Gasteiger partial charge in [0.2, 0.25) is 11.8 Å². The summed E-state index contributed by atoms with van der Waals surface area (Å²) in [4.78, 5) is 30.7. The number of hydrogen-bond donors (Lipinski definition) is 1. The first kappa shape index (κ1) is 16.2. The Balaban J connectivity index is 1.61. The summed E-state index contributed by atoms with van der Waals surface area (Å²) in [5, 5.41) is 6.82. The summed E-state index contributed by atoms with van der Waals surface area (Å²) in [5.74, 6) is -0.246. The quantitative estimate of drug-likeness (QED) is 0.893. The first-order chi connectivity index (χ1) is 11.6. The Morgan fingerprint density at radius 2 is 2.17 bits per heavy atom. The van der Waals surface area contributed by atoms with E-state index in [0.717, 1.165) is 18.5 Å². The van der Waals surface area contributed by atoms with Crippen molar-refractivity contribution >= 4 is 11.8 Å². The number of carbonyl (C=O) groups excluding carboxylic acids is 2. The molecule has 1 aromatic heterocycles. The molecule has 1 aliphatic heterocycles. The molecule has 0 aliphatic carbocycles. The average Bonchev–Trinajstić information content (AvgIpc) is 3.13. The van der Waals surface area contributed by atoms with Gasteiger partial charge in [-0.2, -0.15) is 5.10 Å². The molecule has 24 heavy (non-hydrogen) atoms. The largest absolute Gasteiger partial charge is 0.342 e. The molecule has 2 unspecified atom stereocenters. The summed E-state index contributed by atoms with van der Waals surface area (Å²) in [6.07, 6.45) is 4.42. The van der Waals surface area contributed by atoms with E-state index in [1.54, 1.807) is 6.92 Å². The summed E-state index contributed by atoms with van der Waals surface area (Å²) in [5.41, 5.74) is 1.09. The lowest BCUT2D eigenvalue weighted by molar-refractivity contribution is -0.140. The Labute approximate surface area is 140 Å². The van der Waals surface area contributed by atoms with Crippen molar-refractivity contribution in [1.29, 1.82) is 0 Å². The van der Waals surface area contributed by atoms with Gasteiger partial charge in [-0.1, -0.05) is 30.3 Å². The number of carbonyl (C=O) groups is 2. The van der Waals surface area contributed by atoms with Gasteiger partial charge in [-0.15, -0.1) is 0 Å². The lowest BCUT2D eigenvalue weighted by Gasteiger charge is -2.33. The van der Waals surface area contributed by atoms with E-state index in [0.29, 0.717) is 13.0 Å². The average molecular weight is 327 g/mol. The van der Waals surface area contributed by atoms with Crippen molar-refractivity contribution < 1.29 is 9.59 Å². The molecular weight excluding hydrogens is 306 g/mol. The van der Waals surface area contributed by atoms with Crippen LogP contribution in [0.5, 0.6) is 0 Å². The monoisotopic (exact) mass is 327 g/mol. The number of nitrogens with zero attached hydrogens (tertiary/aromatic N) is 4. The van der Waals surface area contributed by atoms with Crippen LogP contribution in [0.2, 0.25) is 0 Å². The zero-order valence-corrected chi connectivity index (χ0v) is 13.6. The van der Waals surface area contributed by atoms with Crippen molar-refractivity contribution in [3.05, 3.63) is 48.5 Å². The molecule has 2 amide bonds. The Kier molecular flexibility index (Phi) is 4.88. The molecule has 0 radical (unpaired) electrons. The number of aromatic nitrogens is 3. The van der Waals surface area contributed by atoms with E-state index >= 15 is 0 Å². The number of piperidine rings is 1. The van der Waals surface area contributed by atoms with Crippen molar-refractivity contribution in [1.82, 2.24) is 25.0 Å². The standard InChI is InChI=1S/C17H21N5O2/c1-13(22-12-18-11-19-22)16(23)20-15-8-5-9-21(17(15)24)10-14-6-3-2-4-7-14/h2-4,6-7,11-13,15H,5,8-10H2,1H3,(H,20,23). The highest BCUT2D eigenvalue weighted by Crippen LogP contribution is 2.16. The van der Waals surface area contributed by atoms with Gasteiger partial charge in [0.15, 0.2) is 0 Å². The van der Waals surface area contributed by atoms with Gasteiger partial charge < -0.3 is 10.2 Å². The maximum atomic E-state index is 12.7. The Hall–Kier alpha value is -2.70. The molecule has 3 rings (SSSR count). The van der Waals surface area contributed by atoms with E-state index in [1.165, 1.54) is 17.3 Å². The third-order valence-corrected chi connectivity index (χ3v) is 4.28. The normalized spacial score (nSPS) is 19.1. The maximum absolute atomic E-state index is 12.7.